The third kappa shape index (κ3) is 4.68. The van der Waals surface area contributed by atoms with Crippen LogP contribution in [0, 0.1) is 5.92 Å². The number of benzene rings is 1. The Hall–Kier alpha value is -1.93. The molecule has 2 atom stereocenters. The van der Waals surface area contributed by atoms with Crippen molar-refractivity contribution in [3.05, 3.63) is 35.9 Å². The zero-order chi connectivity index (χ0) is 20.1. The number of aliphatic carboxylic acids is 1. The molecule has 0 saturated carbocycles. The Labute approximate surface area is 160 Å². The molecule has 1 aromatic carbocycles. The Balaban J connectivity index is 2.11. The van der Waals surface area contributed by atoms with E-state index >= 15 is 0 Å². The zero-order valence-electron chi connectivity index (χ0n) is 15.8. The van der Waals surface area contributed by atoms with Crippen LogP contribution in [0.1, 0.15) is 38.7 Å². The van der Waals surface area contributed by atoms with Crippen molar-refractivity contribution >= 4 is 21.9 Å². The van der Waals surface area contributed by atoms with Crippen molar-refractivity contribution < 1.29 is 23.1 Å². The average Bonchev–Trinajstić information content (AvgIpc) is 2.69. The number of piperidine rings is 1. The second-order valence-electron chi connectivity index (χ2n) is 6.92. The molecule has 27 heavy (non-hydrogen) atoms. The predicted molar refractivity (Wildman–Crippen MR) is 103 cm³/mol. The fraction of sp³-hybridized carbons (Fsp3) is 0.579. The molecule has 1 amide bonds. The van der Waals surface area contributed by atoms with Gasteiger partial charge in [-0.2, -0.15) is 0 Å². The number of carboxylic acid groups (broad SMARTS) is 1. The Bertz CT molecular complexity index is 766. The Kier molecular flexibility index (Phi) is 7.00. The van der Waals surface area contributed by atoms with E-state index < -0.39 is 27.3 Å². The summed E-state index contributed by atoms with van der Waals surface area (Å²) in [5.41, 5.74) is -0.569. The highest BCUT2D eigenvalue weighted by molar-refractivity contribution is 7.89. The number of hydrogen-bond donors (Lipinski definition) is 2. The van der Waals surface area contributed by atoms with E-state index in [9.17, 15) is 23.1 Å². The van der Waals surface area contributed by atoms with Crippen molar-refractivity contribution in [3.63, 3.8) is 0 Å². The summed E-state index contributed by atoms with van der Waals surface area (Å²) in [6, 6.07) is 8.87. The first-order valence-electron chi connectivity index (χ1n) is 9.31. The van der Waals surface area contributed by atoms with Crippen molar-refractivity contribution in [2.75, 3.05) is 25.4 Å². The summed E-state index contributed by atoms with van der Waals surface area (Å²) >= 11 is 0. The van der Waals surface area contributed by atoms with Crippen LogP contribution in [0.3, 0.4) is 0 Å². The summed E-state index contributed by atoms with van der Waals surface area (Å²) in [6.07, 6.45) is 1.54. The summed E-state index contributed by atoms with van der Waals surface area (Å²) in [4.78, 5) is 24.7. The lowest BCUT2D eigenvalue weighted by Crippen LogP contribution is -2.50. The second kappa shape index (κ2) is 8.84. The van der Waals surface area contributed by atoms with E-state index in [2.05, 4.69) is 5.32 Å². The van der Waals surface area contributed by atoms with Gasteiger partial charge in [-0.05, 0) is 31.7 Å². The van der Waals surface area contributed by atoms with Crippen LogP contribution >= 0.6 is 0 Å². The van der Waals surface area contributed by atoms with Gasteiger partial charge in [0.2, 0.25) is 15.9 Å². The van der Waals surface area contributed by atoms with Gasteiger partial charge < -0.3 is 10.4 Å². The van der Waals surface area contributed by atoms with Gasteiger partial charge in [0, 0.05) is 19.6 Å². The van der Waals surface area contributed by atoms with E-state index in [1.807, 2.05) is 6.07 Å². The standard InChI is InChI=1S/C19H28N2O5S/c1-3-19(18(23)24,16-10-6-5-7-11-16)14-20-17(22)15-9-8-12-21(13-15)27(25,26)4-2/h5-7,10-11,15H,3-4,8-9,12-14H2,1-2H3,(H,20,22)(H,23,24). The summed E-state index contributed by atoms with van der Waals surface area (Å²) in [5, 5.41) is 12.6. The summed E-state index contributed by atoms with van der Waals surface area (Å²) in [7, 11) is -3.33. The minimum atomic E-state index is -3.33. The molecule has 2 unspecified atom stereocenters. The average molecular weight is 397 g/mol. The first-order valence-corrected chi connectivity index (χ1v) is 10.9. The first kappa shape index (κ1) is 21.4. The smallest absolute Gasteiger partial charge is 0.315 e. The van der Waals surface area contributed by atoms with Gasteiger partial charge in [0.25, 0.3) is 0 Å². The van der Waals surface area contributed by atoms with Gasteiger partial charge in [-0.25, -0.2) is 12.7 Å². The fourth-order valence-electron chi connectivity index (χ4n) is 3.51. The molecular weight excluding hydrogens is 368 g/mol. The zero-order valence-corrected chi connectivity index (χ0v) is 16.7. The van der Waals surface area contributed by atoms with Crippen molar-refractivity contribution in [1.82, 2.24) is 9.62 Å². The molecule has 0 bridgehead atoms. The van der Waals surface area contributed by atoms with E-state index in [1.54, 1.807) is 38.1 Å². The van der Waals surface area contributed by atoms with Gasteiger partial charge in [0.15, 0.2) is 0 Å². The monoisotopic (exact) mass is 396 g/mol. The molecule has 1 saturated heterocycles. The topological polar surface area (TPSA) is 104 Å². The van der Waals surface area contributed by atoms with Crippen LogP contribution in [0.25, 0.3) is 0 Å². The maximum atomic E-state index is 12.6. The first-order chi connectivity index (χ1) is 12.8. The third-order valence-corrected chi connectivity index (χ3v) is 7.26. The highest BCUT2D eigenvalue weighted by Gasteiger charge is 2.40. The summed E-state index contributed by atoms with van der Waals surface area (Å²) < 4.78 is 25.5. The van der Waals surface area contributed by atoms with Crippen LogP contribution in [-0.2, 0) is 25.0 Å². The molecule has 0 spiro atoms. The van der Waals surface area contributed by atoms with E-state index in [4.69, 9.17) is 0 Å². The molecule has 2 rings (SSSR count). The number of carbonyl (C=O) groups excluding carboxylic acids is 1. The lowest BCUT2D eigenvalue weighted by atomic mass is 9.78. The Morgan fingerprint density at radius 1 is 1.26 bits per heavy atom. The minimum absolute atomic E-state index is 0.00725. The highest BCUT2D eigenvalue weighted by atomic mass is 32.2. The van der Waals surface area contributed by atoms with E-state index in [-0.39, 0.29) is 24.7 Å². The number of rotatable bonds is 8. The molecule has 1 aromatic rings. The second-order valence-corrected chi connectivity index (χ2v) is 9.18. The van der Waals surface area contributed by atoms with E-state index in [0.717, 1.165) is 0 Å². The lowest BCUT2D eigenvalue weighted by Gasteiger charge is -2.33. The van der Waals surface area contributed by atoms with Crippen LogP contribution in [0.15, 0.2) is 30.3 Å². The molecule has 1 aliphatic heterocycles. The van der Waals surface area contributed by atoms with Crippen LogP contribution in [0.2, 0.25) is 0 Å². The van der Waals surface area contributed by atoms with Crippen molar-refractivity contribution in [2.24, 2.45) is 5.92 Å². The SMILES string of the molecule is CCC(CNC(=O)C1CCCN(S(=O)(=O)CC)C1)(C(=O)O)c1ccccc1. The summed E-state index contributed by atoms with van der Waals surface area (Å²) in [6.45, 7) is 3.92. The maximum Gasteiger partial charge on any atom is 0.315 e. The Morgan fingerprint density at radius 3 is 2.48 bits per heavy atom. The molecular formula is C19H28N2O5S. The molecule has 7 nitrogen and oxygen atoms in total. The number of sulfonamides is 1. The van der Waals surface area contributed by atoms with Crippen LogP contribution in [0.4, 0.5) is 0 Å². The van der Waals surface area contributed by atoms with E-state index in [0.29, 0.717) is 31.4 Å². The number of nitrogens with zero attached hydrogens (tertiary/aromatic N) is 1. The van der Waals surface area contributed by atoms with Crippen LogP contribution in [0.5, 0.6) is 0 Å². The quantitative estimate of drug-likeness (QED) is 0.695. The van der Waals surface area contributed by atoms with Gasteiger partial charge in [-0.1, -0.05) is 37.3 Å². The predicted octanol–water partition coefficient (Wildman–Crippen LogP) is 1.60. The fourth-order valence-corrected chi connectivity index (χ4v) is 4.69. The van der Waals surface area contributed by atoms with Gasteiger partial charge in [0.05, 0.1) is 11.7 Å². The molecule has 1 fully saturated rings. The third-order valence-electron chi connectivity index (χ3n) is 5.42. The minimum Gasteiger partial charge on any atom is -0.481 e. The van der Waals surface area contributed by atoms with Gasteiger partial charge in [0.1, 0.15) is 5.41 Å². The van der Waals surface area contributed by atoms with Crippen LogP contribution < -0.4 is 5.32 Å². The number of carboxylic acids is 1. The maximum absolute atomic E-state index is 12.6. The molecule has 0 aromatic heterocycles. The molecule has 0 radical (unpaired) electrons. The molecule has 150 valence electrons. The highest BCUT2D eigenvalue weighted by Crippen LogP contribution is 2.28. The van der Waals surface area contributed by atoms with Crippen molar-refractivity contribution in [3.8, 4) is 0 Å². The molecule has 1 heterocycles. The van der Waals surface area contributed by atoms with Crippen molar-refractivity contribution in [1.29, 1.82) is 0 Å². The largest absolute Gasteiger partial charge is 0.481 e. The molecule has 0 aliphatic carbocycles. The molecule has 8 heteroatoms. The number of nitrogens with one attached hydrogen (secondary N) is 1. The Morgan fingerprint density at radius 2 is 1.93 bits per heavy atom. The van der Waals surface area contributed by atoms with Gasteiger partial charge >= 0.3 is 5.97 Å². The number of amides is 1. The summed E-state index contributed by atoms with van der Waals surface area (Å²) in [5.74, 6) is -1.73. The van der Waals surface area contributed by atoms with Crippen LogP contribution in [-0.4, -0.2) is 55.1 Å². The van der Waals surface area contributed by atoms with Gasteiger partial charge in [-0.15, -0.1) is 0 Å². The van der Waals surface area contributed by atoms with Crippen molar-refractivity contribution in [2.45, 2.75) is 38.5 Å². The lowest BCUT2D eigenvalue weighted by molar-refractivity contribution is -0.144. The number of carbonyl (C=O) groups is 2. The van der Waals surface area contributed by atoms with E-state index in [1.165, 1.54) is 4.31 Å². The molecule has 1 aliphatic rings. The number of hydrogen-bond acceptors (Lipinski definition) is 4. The normalized spacial score (nSPS) is 20.6. The molecule has 2 N–H and O–H groups in total. The van der Waals surface area contributed by atoms with Gasteiger partial charge in [-0.3, -0.25) is 9.59 Å².